The molecule has 2 nitrogen and oxygen atoms in total. The Morgan fingerprint density at radius 1 is 0.679 bits per heavy atom. The average Bonchev–Trinajstić information content (AvgIpc) is 2.69. The Labute approximate surface area is 176 Å². The van der Waals surface area contributed by atoms with E-state index in [1.54, 1.807) is 0 Å². The Morgan fingerprint density at radius 3 is 1.68 bits per heavy atom. The summed E-state index contributed by atoms with van der Waals surface area (Å²) >= 11 is 0. The van der Waals surface area contributed by atoms with Crippen LogP contribution in [0, 0.1) is 11.8 Å². The van der Waals surface area contributed by atoms with E-state index < -0.39 is 5.97 Å². The fraction of sp³-hybridized carbons (Fsp3) is 0.885. The Bertz CT molecular complexity index is 361. The third kappa shape index (κ3) is 16.2. The number of aliphatic carboxylic acids is 1. The van der Waals surface area contributed by atoms with Gasteiger partial charge in [-0.05, 0) is 44.4 Å². The van der Waals surface area contributed by atoms with Crippen molar-refractivity contribution in [2.75, 3.05) is 0 Å². The van der Waals surface area contributed by atoms with Crippen LogP contribution in [-0.2, 0) is 4.79 Å². The molecule has 0 aliphatic carbocycles. The van der Waals surface area contributed by atoms with Gasteiger partial charge in [0.1, 0.15) is 0 Å². The quantitative estimate of drug-likeness (QED) is 0.156. The highest BCUT2D eigenvalue weighted by atomic mass is 16.4. The summed E-state index contributed by atoms with van der Waals surface area (Å²) in [7, 11) is 0. The lowest BCUT2D eigenvalue weighted by atomic mass is 9.82. The van der Waals surface area contributed by atoms with Crippen LogP contribution < -0.4 is 0 Å². The number of hydrogen-bond donors (Lipinski definition) is 1. The molecule has 0 aliphatic rings. The van der Waals surface area contributed by atoms with E-state index >= 15 is 0 Å². The highest BCUT2D eigenvalue weighted by molar-refractivity contribution is 5.70. The van der Waals surface area contributed by atoms with Gasteiger partial charge in [-0.15, -0.1) is 0 Å². The number of unbranched alkanes of at least 4 members (excludes halogenated alkanes) is 12. The van der Waals surface area contributed by atoms with Gasteiger partial charge in [0.2, 0.25) is 0 Å². The van der Waals surface area contributed by atoms with Gasteiger partial charge in [0.15, 0.2) is 0 Å². The third-order valence-corrected chi connectivity index (χ3v) is 6.12. The van der Waals surface area contributed by atoms with Gasteiger partial charge in [-0.25, -0.2) is 0 Å². The molecule has 2 heteroatoms. The van der Waals surface area contributed by atoms with E-state index in [1.807, 2.05) is 0 Å². The first-order valence-electron chi connectivity index (χ1n) is 12.5. The van der Waals surface area contributed by atoms with E-state index in [2.05, 4.69) is 32.9 Å². The summed E-state index contributed by atoms with van der Waals surface area (Å²) in [6.07, 6.45) is 26.7. The topological polar surface area (TPSA) is 37.3 Å². The third-order valence-electron chi connectivity index (χ3n) is 6.12. The van der Waals surface area contributed by atoms with Crippen molar-refractivity contribution in [3.63, 3.8) is 0 Å². The summed E-state index contributed by atoms with van der Waals surface area (Å²) < 4.78 is 0. The molecule has 0 aromatic heterocycles. The first kappa shape index (κ1) is 27.2. The minimum absolute atomic E-state index is 0.126. The molecule has 2 atom stereocenters. The van der Waals surface area contributed by atoms with Crippen LogP contribution in [0.4, 0.5) is 0 Å². The summed E-state index contributed by atoms with van der Waals surface area (Å²) in [5.41, 5.74) is 0. The lowest BCUT2D eigenvalue weighted by Gasteiger charge is -2.22. The molecule has 0 aliphatic heterocycles. The SMILES string of the molecule is CCCCCCCC/C=C\CCCCCCC(C(=O)O)C(CC)CCCCC. The average molecular weight is 395 g/mol. The van der Waals surface area contributed by atoms with E-state index in [4.69, 9.17) is 0 Å². The summed E-state index contributed by atoms with van der Waals surface area (Å²) in [4.78, 5) is 11.7. The molecular weight excluding hydrogens is 344 g/mol. The van der Waals surface area contributed by atoms with E-state index in [0.717, 1.165) is 25.7 Å². The molecule has 0 aromatic rings. The molecule has 28 heavy (non-hydrogen) atoms. The normalized spacial score (nSPS) is 13.8. The van der Waals surface area contributed by atoms with Crippen LogP contribution in [0.3, 0.4) is 0 Å². The number of carbonyl (C=O) groups is 1. The number of hydrogen-bond acceptors (Lipinski definition) is 1. The molecule has 2 unspecified atom stereocenters. The van der Waals surface area contributed by atoms with Crippen molar-refractivity contribution in [1.82, 2.24) is 0 Å². The van der Waals surface area contributed by atoms with Crippen molar-refractivity contribution in [1.29, 1.82) is 0 Å². The molecule has 0 aromatic carbocycles. The van der Waals surface area contributed by atoms with Crippen LogP contribution in [0.2, 0.25) is 0 Å². The largest absolute Gasteiger partial charge is 0.481 e. The van der Waals surface area contributed by atoms with Crippen molar-refractivity contribution >= 4 is 5.97 Å². The highest BCUT2D eigenvalue weighted by Crippen LogP contribution is 2.27. The van der Waals surface area contributed by atoms with Gasteiger partial charge in [0.05, 0.1) is 5.92 Å². The zero-order chi connectivity index (χ0) is 20.9. The monoisotopic (exact) mass is 394 g/mol. The van der Waals surface area contributed by atoms with E-state index in [1.165, 1.54) is 89.9 Å². The zero-order valence-electron chi connectivity index (χ0n) is 19.4. The molecule has 0 heterocycles. The van der Waals surface area contributed by atoms with Crippen LogP contribution in [0.15, 0.2) is 12.2 Å². The second kappa shape index (κ2) is 20.9. The van der Waals surface area contributed by atoms with Crippen molar-refractivity contribution in [2.45, 2.75) is 136 Å². The van der Waals surface area contributed by atoms with Crippen LogP contribution in [-0.4, -0.2) is 11.1 Å². The molecule has 0 rings (SSSR count). The first-order valence-corrected chi connectivity index (χ1v) is 12.5. The van der Waals surface area contributed by atoms with Gasteiger partial charge in [-0.2, -0.15) is 0 Å². The molecular formula is C26H50O2. The molecule has 1 N–H and O–H groups in total. The minimum atomic E-state index is -0.569. The predicted octanol–water partition coefficient (Wildman–Crippen LogP) is 8.94. The van der Waals surface area contributed by atoms with Gasteiger partial charge in [-0.3, -0.25) is 4.79 Å². The molecule has 0 saturated heterocycles. The van der Waals surface area contributed by atoms with Crippen LogP contribution in [0.25, 0.3) is 0 Å². The molecule has 166 valence electrons. The summed E-state index contributed by atoms with van der Waals surface area (Å²) in [6, 6.07) is 0. The lowest BCUT2D eigenvalue weighted by Crippen LogP contribution is -2.23. The maximum absolute atomic E-state index is 11.7. The molecule has 0 spiro atoms. The standard InChI is InChI=1S/C26H50O2/c1-4-7-9-10-11-12-13-14-15-16-17-18-19-21-23-25(26(27)28)24(6-3)22-20-8-5-2/h14-15,24-25H,4-13,16-23H2,1-3H3,(H,27,28)/b15-14-. The van der Waals surface area contributed by atoms with Gasteiger partial charge >= 0.3 is 5.97 Å². The van der Waals surface area contributed by atoms with Gasteiger partial charge in [0, 0.05) is 0 Å². The van der Waals surface area contributed by atoms with Crippen molar-refractivity contribution in [2.24, 2.45) is 11.8 Å². The van der Waals surface area contributed by atoms with Gasteiger partial charge < -0.3 is 5.11 Å². The number of allylic oxidation sites excluding steroid dienone is 2. The fourth-order valence-corrected chi connectivity index (χ4v) is 4.17. The zero-order valence-corrected chi connectivity index (χ0v) is 19.4. The molecule has 0 amide bonds. The number of rotatable bonds is 21. The fourth-order valence-electron chi connectivity index (χ4n) is 4.17. The molecule has 0 radical (unpaired) electrons. The molecule has 0 fully saturated rings. The second-order valence-corrected chi connectivity index (χ2v) is 8.63. The summed E-state index contributed by atoms with van der Waals surface area (Å²) in [5.74, 6) is -0.325. The smallest absolute Gasteiger partial charge is 0.306 e. The number of carboxylic acids is 1. The Kier molecular flexibility index (Phi) is 20.3. The first-order chi connectivity index (χ1) is 13.7. The maximum Gasteiger partial charge on any atom is 0.306 e. The minimum Gasteiger partial charge on any atom is -0.481 e. The summed E-state index contributed by atoms with van der Waals surface area (Å²) in [5, 5.41) is 9.63. The Morgan fingerprint density at radius 2 is 1.14 bits per heavy atom. The Balaban J connectivity index is 3.71. The molecule has 0 saturated carbocycles. The van der Waals surface area contributed by atoms with Crippen molar-refractivity contribution in [3.8, 4) is 0 Å². The van der Waals surface area contributed by atoms with Crippen LogP contribution >= 0.6 is 0 Å². The second-order valence-electron chi connectivity index (χ2n) is 8.63. The number of carboxylic acid groups (broad SMARTS) is 1. The highest BCUT2D eigenvalue weighted by Gasteiger charge is 2.25. The van der Waals surface area contributed by atoms with E-state index in [9.17, 15) is 9.90 Å². The van der Waals surface area contributed by atoms with Crippen molar-refractivity contribution < 1.29 is 9.90 Å². The van der Waals surface area contributed by atoms with Crippen LogP contribution in [0.1, 0.15) is 136 Å². The lowest BCUT2D eigenvalue weighted by molar-refractivity contribution is -0.144. The summed E-state index contributed by atoms with van der Waals surface area (Å²) in [6.45, 7) is 6.63. The maximum atomic E-state index is 11.7. The molecule has 0 bridgehead atoms. The van der Waals surface area contributed by atoms with Gasteiger partial charge in [0.25, 0.3) is 0 Å². The predicted molar refractivity (Wildman–Crippen MR) is 124 cm³/mol. The van der Waals surface area contributed by atoms with Gasteiger partial charge in [-0.1, -0.05) is 110 Å². The Hall–Kier alpha value is -0.790. The van der Waals surface area contributed by atoms with Crippen molar-refractivity contribution in [3.05, 3.63) is 12.2 Å². The van der Waals surface area contributed by atoms with Crippen LogP contribution in [0.5, 0.6) is 0 Å². The van der Waals surface area contributed by atoms with E-state index in [-0.39, 0.29) is 5.92 Å². The van der Waals surface area contributed by atoms with E-state index in [0.29, 0.717) is 5.92 Å².